The van der Waals surface area contributed by atoms with E-state index in [0.29, 0.717) is 13.1 Å². The summed E-state index contributed by atoms with van der Waals surface area (Å²) in [5, 5.41) is 3.22. The predicted molar refractivity (Wildman–Crippen MR) is 46.1 cm³/mol. The lowest BCUT2D eigenvalue weighted by atomic mass is 10.1. The summed E-state index contributed by atoms with van der Waals surface area (Å²) >= 11 is 0. The molecule has 0 aromatic heterocycles. The van der Waals surface area contributed by atoms with Crippen LogP contribution in [0.3, 0.4) is 0 Å². The van der Waals surface area contributed by atoms with E-state index in [2.05, 4.69) is 5.32 Å². The Labute approximate surface area is 73.0 Å². The number of rotatable bonds is 0. The highest BCUT2D eigenvalue weighted by atomic mass is 32.2. The van der Waals surface area contributed by atoms with E-state index in [-0.39, 0.29) is 11.9 Å². The van der Waals surface area contributed by atoms with Gasteiger partial charge in [-0.05, 0) is 19.3 Å². The zero-order valence-corrected chi connectivity index (χ0v) is 7.81. The third kappa shape index (κ3) is 1.36. The fraction of sp³-hybridized carbons (Fsp3) is 1.00. The fourth-order valence-corrected chi connectivity index (χ4v) is 3.50. The molecular formula is C7H14N2O2S. The summed E-state index contributed by atoms with van der Waals surface area (Å²) in [5.74, 6) is 0.267. The van der Waals surface area contributed by atoms with Crippen molar-refractivity contribution in [3.05, 3.63) is 0 Å². The Kier molecular flexibility index (Phi) is 2.10. The summed E-state index contributed by atoms with van der Waals surface area (Å²) in [4.78, 5) is 0. The zero-order valence-electron chi connectivity index (χ0n) is 6.99. The number of piperidine rings is 1. The number of nitrogens with zero attached hydrogens (tertiary/aromatic N) is 1. The Hall–Kier alpha value is -0.130. The van der Waals surface area contributed by atoms with Gasteiger partial charge in [0.1, 0.15) is 0 Å². The second kappa shape index (κ2) is 2.97. The van der Waals surface area contributed by atoms with E-state index in [9.17, 15) is 8.42 Å². The highest BCUT2D eigenvalue weighted by Crippen LogP contribution is 2.21. The molecule has 2 heterocycles. The molecule has 12 heavy (non-hydrogen) atoms. The molecule has 1 atom stereocenters. The molecule has 2 rings (SSSR count). The number of fused-ring (bicyclic) bond motifs is 1. The van der Waals surface area contributed by atoms with Gasteiger partial charge in [0.05, 0.1) is 11.9 Å². The molecule has 1 N–H and O–H groups in total. The van der Waals surface area contributed by atoms with Crippen LogP contribution in [0.5, 0.6) is 0 Å². The van der Waals surface area contributed by atoms with E-state index in [1.165, 1.54) is 0 Å². The van der Waals surface area contributed by atoms with Crippen molar-refractivity contribution in [2.45, 2.75) is 25.4 Å². The van der Waals surface area contributed by atoms with Crippen LogP contribution in [0.1, 0.15) is 19.3 Å². The lowest BCUT2D eigenvalue weighted by Crippen LogP contribution is -2.57. The van der Waals surface area contributed by atoms with Crippen LogP contribution in [0.25, 0.3) is 0 Å². The van der Waals surface area contributed by atoms with Gasteiger partial charge in [-0.15, -0.1) is 0 Å². The van der Waals surface area contributed by atoms with Crippen LogP contribution < -0.4 is 5.32 Å². The lowest BCUT2D eigenvalue weighted by Gasteiger charge is -2.38. The largest absolute Gasteiger partial charge is 0.300 e. The van der Waals surface area contributed by atoms with Crippen LogP contribution in [0.4, 0.5) is 0 Å². The summed E-state index contributed by atoms with van der Waals surface area (Å²) in [6.45, 7) is 1.32. The molecule has 0 amide bonds. The first-order valence-electron chi connectivity index (χ1n) is 4.43. The summed E-state index contributed by atoms with van der Waals surface area (Å²) in [6, 6.07) is 0. The number of hydrogen-bond acceptors (Lipinski definition) is 3. The zero-order chi connectivity index (χ0) is 8.60. The minimum absolute atomic E-state index is 0.0949. The van der Waals surface area contributed by atoms with Crippen molar-refractivity contribution in [1.29, 1.82) is 0 Å². The summed E-state index contributed by atoms with van der Waals surface area (Å²) < 4.78 is 24.6. The molecule has 0 aromatic carbocycles. The predicted octanol–water partition coefficient (Wildman–Crippen LogP) is -0.269. The quantitative estimate of drug-likeness (QED) is 0.572. The summed E-state index contributed by atoms with van der Waals surface area (Å²) in [6.07, 6.45) is 3.22. The first-order chi connectivity index (χ1) is 5.70. The van der Waals surface area contributed by atoms with Gasteiger partial charge in [-0.25, -0.2) is 8.42 Å². The minimum Gasteiger partial charge on any atom is -0.300 e. The SMILES string of the molecule is O=S1(=O)CCNC2CCCCN21. The lowest BCUT2D eigenvalue weighted by molar-refractivity contribution is 0.205. The van der Waals surface area contributed by atoms with E-state index in [1.807, 2.05) is 0 Å². The topological polar surface area (TPSA) is 49.4 Å². The van der Waals surface area contributed by atoms with E-state index in [1.54, 1.807) is 4.31 Å². The normalized spacial score (nSPS) is 35.8. The molecule has 2 aliphatic heterocycles. The van der Waals surface area contributed by atoms with Crippen LogP contribution in [-0.4, -0.2) is 37.7 Å². The molecule has 0 aliphatic carbocycles. The van der Waals surface area contributed by atoms with Crippen LogP contribution in [-0.2, 0) is 10.0 Å². The van der Waals surface area contributed by atoms with Gasteiger partial charge in [0, 0.05) is 13.1 Å². The molecule has 4 nitrogen and oxygen atoms in total. The van der Waals surface area contributed by atoms with Crippen molar-refractivity contribution in [2.24, 2.45) is 0 Å². The van der Waals surface area contributed by atoms with Gasteiger partial charge < -0.3 is 0 Å². The maximum absolute atomic E-state index is 11.5. The molecule has 5 heteroatoms. The van der Waals surface area contributed by atoms with E-state index < -0.39 is 10.0 Å². The molecule has 2 aliphatic rings. The van der Waals surface area contributed by atoms with Gasteiger partial charge in [0.2, 0.25) is 10.0 Å². The highest BCUT2D eigenvalue weighted by molar-refractivity contribution is 7.89. The molecule has 1 unspecified atom stereocenters. The minimum atomic E-state index is -2.91. The summed E-state index contributed by atoms with van der Waals surface area (Å²) in [7, 11) is -2.91. The van der Waals surface area contributed by atoms with Crippen molar-refractivity contribution in [3.63, 3.8) is 0 Å². The highest BCUT2D eigenvalue weighted by Gasteiger charge is 2.34. The van der Waals surface area contributed by atoms with Crippen molar-refractivity contribution in [2.75, 3.05) is 18.8 Å². The maximum atomic E-state index is 11.5. The van der Waals surface area contributed by atoms with Gasteiger partial charge in [-0.2, -0.15) is 4.31 Å². The van der Waals surface area contributed by atoms with E-state index in [0.717, 1.165) is 19.3 Å². The van der Waals surface area contributed by atoms with Crippen LogP contribution in [0.15, 0.2) is 0 Å². The Morgan fingerprint density at radius 3 is 2.92 bits per heavy atom. The third-order valence-electron chi connectivity index (χ3n) is 2.55. The Morgan fingerprint density at radius 2 is 2.17 bits per heavy atom. The van der Waals surface area contributed by atoms with Gasteiger partial charge in [-0.3, -0.25) is 5.32 Å². The Balaban J connectivity index is 2.20. The Morgan fingerprint density at radius 1 is 1.33 bits per heavy atom. The van der Waals surface area contributed by atoms with Crippen molar-refractivity contribution in [1.82, 2.24) is 9.62 Å². The second-order valence-electron chi connectivity index (χ2n) is 3.39. The van der Waals surface area contributed by atoms with Gasteiger partial charge in [-0.1, -0.05) is 0 Å². The van der Waals surface area contributed by atoms with Crippen molar-refractivity contribution in [3.8, 4) is 0 Å². The molecule has 0 radical (unpaired) electrons. The molecule has 0 aromatic rings. The fourth-order valence-electron chi connectivity index (χ4n) is 1.91. The second-order valence-corrected chi connectivity index (χ2v) is 5.43. The molecule has 70 valence electrons. The van der Waals surface area contributed by atoms with Crippen LogP contribution >= 0.6 is 0 Å². The first kappa shape index (κ1) is 8.47. The number of sulfonamides is 1. The molecule has 0 spiro atoms. The number of hydrogen-bond donors (Lipinski definition) is 1. The maximum Gasteiger partial charge on any atom is 0.216 e. The van der Waals surface area contributed by atoms with Gasteiger partial charge in [0.25, 0.3) is 0 Å². The monoisotopic (exact) mass is 190 g/mol. The van der Waals surface area contributed by atoms with Crippen LogP contribution in [0, 0.1) is 0 Å². The van der Waals surface area contributed by atoms with Crippen LogP contribution in [0.2, 0.25) is 0 Å². The Bertz CT molecular complexity index is 261. The molecule has 2 saturated heterocycles. The number of nitrogens with one attached hydrogen (secondary N) is 1. The molecule has 0 saturated carbocycles. The van der Waals surface area contributed by atoms with Crippen molar-refractivity contribution >= 4 is 10.0 Å². The molecule has 0 bridgehead atoms. The van der Waals surface area contributed by atoms with E-state index >= 15 is 0 Å². The smallest absolute Gasteiger partial charge is 0.216 e. The standard InChI is InChI=1S/C7H14N2O2S/c10-12(11)6-4-8-7-3-1-2-5-9(7)12/h7-8H,1-6H2. The average Bonchev–Trinajstić information content (AvgIpc) is 2.04. The summed E-state index contributed by atoms with van der Waals surface area (Å²) in [5.41, 5.74) is 0. The molecular weight excluding hydrogens is 176 g/mol. The van der Waals surface area contributed by atoms with Gasteiger partial charge in [0.15, 0.2) is 0 Å². The van der Waals surface area contributed by atoms with E-state index in [4.69, 9.17) is 0 Å². The molecule has 2 fully saturated rings. The first-order valence-corrected chi connectivity index (χ1v) is 6.04. The van der Waals surface area contributed by atoms with Gasteiger partial charge >= 0.3 is 0 Å². The average molecular weight is 190 g/mol. The van der Waals surface area contributed by atoms with Crippen molar-refractivity contribution < 1.29 is 8.42 Å². The third-order valence-corrected chi connectivity index (χ3v) is 4.42.